The maximum absolute atomic E-state index is 10.7. The van der Waals surface area contributed by atoms with Crippen LogP contribution in [0.3, 0.4) is 0 Å². The predicted molar refractivity (Wildman–Crippen MR) is 175 cm³/mol. The Morgan fingerprint density at radius 1 is 0.520 bits per heavy atom. The monoisotopic (exact) mass is 875 g/mol. The SMILES string of the molecule is CCN(CC)CCN(CC)CC.CCN(CC)CCN(CC)CC.O=Nc1ccccc1.O=S(=O)([O-])C(F)(F)F.O=S(=O)([O-])C(F)(F)F.[Cu+].[Cu+]. The number of halogens is 6. The molecule has 12 nitrogen and oxygen atoms in total. The fourth-order valence-electron chi connectivity index (χ4n) is 3.21. The predicted octanol–water partition coefficient (Wildman–Crippen LogP) is 5.52. The summed E-state index contributed by atoms with van der Waals surface area (Å²) in [5, 5.41) is 2.72. The van der Waals surface area contributed by atoms with Crippen molar-refractivity contribution in [2.24, 2.45) is 5.18 Å². The van der Waals surface area contributed by atoms with Gasteiger partial charge in [-0.2, -0.15) is 26.3 Å². The van der Waals surface area contributed by atoms with Gasteiger partial charge in [0.15, 0.2) is 20.2 Å². The molecule has 0 radical (unpaired) electrons. The van der Waals surface area contributed by atoms with Gasteiger partial charge in [0.2, 0.25) is 0 Å². The van der Waals surface area contributed by atoms with E-state index in [0.717, 1.165) is 0 Å². The van der Waals surface area contributed by atoms with Crippen molar-refractivity contribution >= 4 is 25.9 Å². The molecule has 0 atom stereocenters. The molecule has 50 heavy (non-hydrogen) atoms. The number of rotatable bonds is 15. The second-order valence-corrected chi connectivity index (χ2v) is 12.1. The molecule has 0 N–H and O–H groups in total. The van der Waals surface area contributed by atoms with Crippen molar-refractivity contribution in [2.75, 3.05) is 78.5 Å². The van der Waals surface area contributed by atoms with Crippen LogP contribution in [0.15, 0.2) is 35.5 Å². The maximum Gasteiger partial charge on any atom is 1.00 e. The Labute approximate surface area is 316 Å². The van der Waals surface area contributed by atoms with Crippen LogP contribution in [-0.2, 0) is 54.4 Å². The van der Waals surface area contributed by atoms with E-state index in [1.54, 1.807) is 24.3 Å². The van der Waals surface area contributed by atoms with Crippen molar-refractivity contribution in [1.82, 2.24) is 19.6 Å². The zero-order valence-electron chi connectivity index (χ0n) is 29.7. The van der Waals surface area contributed by atoms with Gasteiger partial charge in [-0.3, -0.25) is 0 Å². The fourth-order valence-corrected chi connectivity index (χ4v) is 3.21. The van der Waals surface area contributed by atoms with Gasteiger partial charge in [0.1, 0.15) is 5.69 Å². The summed E-state index contributed by atoms with van der Waals surface area (Å²) in [7, 11) is -12.2. The van der Waals surface area contributed by atoms with E-state index >= 15 is 0 Å². The number of nitroso groups, excluding NO2 is 1. The molecular weight excluding hydrogens is 824 g/mol. The summed E-state index contributed by atoms with van der Waals surface area (Å²) in [4.78, 5) is 19.6. The van der Waals surface area contributed by atoms with Gasteiger partial charge in [0.05, 0.1) is 0 Å². The molecule has 1 rings (SSSR count). The van der Waals surface area contributed by atoms with Crippen molar-refractivity contribution in [1.29, 1.82) is 0 Å². The van der Waals surface area contributed by atoms with E-state index in [-0.39, 0.29) is 34.1 Å². The van der Waals surface area contributed by atoms with Gasteiger partial charge >= 0.3 is 45.2 Å². The van der Waals surface area contributed by atoms with Crippen LogP contribution in [0.25, 0.3) is 0 Å². The van der Waals surface area contributed by atoms with E-state index in [4.69, 9.17) is 25.9 Å². The topological polar surface area (TPSA) is 157 Å². The molecule has 0 aliphatic carbocycles. The Balaban J connectivity index is -0.000000121. The Kier molecular flexibility index (Phi) is 41.5. The fraction of sp³-hybridized carbons (Fsp3) is 0.786. The molecule has 22 heteroatoms. The molecule has 0 unspecified atom stereocenters. The van der Waals surface area contributed by atoms with E-state index in [2.05, 4.69) is 80.2 Å². The second kappa shape index (κ2) is 33.9. The number of hydrogen-bond donors (Lipinski definition) is 0. The van der Waals surface area contributed by atoms with Crippen molar-refractivity contribution in [3.63, 3.8) is 0 Å². The summed E-state index contributed by atoms with van der Waals surface area (Å²) in [6.45, 7) is 32.1. The van der Waals surface area contributed by atoms with E-state index in [1.165, 1.54) is 78.5 Å². The minimum Gasteiger partial charge on any atom is -0.741 e. The van der Waals surface area contributed by atoms with Crippen molar-refractivity contribution < 1.29 is 86.4 Å². The zero-order valence-corrected chi connectivity index (χ0v) is 33.2. The summed E-state index contributed by atoms with van der Waals surface area (Å²) >= 11 is 0. The molecule has 0 saturated carbocycles. The first-order valence-electron chi connectivity index (χ1n) is 15.3. The maximum atomic E-state index is 10.7. The molecule has 0 aliphatic rings. The minimum absolute atomic E-state index is 0. The van der Waals surface area contributed by atoms with Crippen molar-refractivity contribution in [2.45, 2.75) is 66.4 Å². The van der Waals surface area contributed by atoms with Crippen LogP contribution < -0.4 is 0 Å². The standard InChI is InChI=1S/2C10H24N2.C6H5NO.2CHF3O3S.2Cu/c2*1-5-11(6-2)9-10-12(7-3)8-4;8-7-6-4-2-1-3-5-6;2*2-1(3,4)8(5,6)7;;/h2*5-10H2,1-4H3;1-5H;2*(H,5,6,7);;/q;;;;;2*+1/p-2. The molecule has 1 aromatic carbocycles. The van der Waals surface area contributed by atoms with Gasteiger partial charge in [-0.25, -0.2) is 16.8 Å². The number of likely N-dealkylation sites (N-methyl/N-ethyl adjacent to an activating group) is 4. The molecule has 0 aromatic heterocycles. The van der Waals surface area contributed by atoms with Gasteiger partial charge < -0.3 is 28.7 Å². The Bertz CT molecular complexity index is 1020. The molecule has 0 heterocycles. The number of alkyl halides is 6. The van der Waals surface area contributed by atoms with Crippen LogP contribution in [0.1, 0.15) is 55.4 Å². The smallest absolute Gasteiger partial charge is 0.741 e. The molecular formula is C28H53Cu2F6N5O7S2. The molecule has 0 fully saturated rings. The summed E-state index contributed by atoms with van der Waals surface area (Å²) in [5.41, 5.74) is -10.8. The normalized spacial score (nSPS) is 11.4. The van der Waals surface area contributed by atoms with Crippen molar-refractivity contribution in [3.8, 4) is 0 Å². The molecule has 0 aliphatic heterocycles. The molecule has 0 saturated heterocycles. The van der Waals surface area contributed by atoms with Crippen LogP contribution in [0.2, 0.25) is 0 Å². The average molecular weight is 877 g/mol. The minimum atomic E-state index is -6.09. The average Bonchev–Trinajstić information content (AvgIpc) is 3.01. The van der Waals surface area contributed by atoms with Gasteiger partial charge in [-0.05, 0) is 69.7 Å². The van der Waals surface area contributed by atoms with Gasteiger partial charge in [-0.1, -0.05) is 73.6 Å². The van der Waals surface area contributed by atoms with Gasteiger partial charge in [0.25, 0.3) is 0 Å². The molecule has 308 valence electrons. The first-order valence-corrected chi connectivity index (χ1v) is 18.1. The Morgan fingerprint density at radius 3 is 0.800 bits per heavy atom. The number of hydrogen-bond acceptors (Lipinski definition) is 12. The number of benzene rings is 1. The third-order valence-corrected chi connectivity index (χ3v) is 7.61. The van der Waals surface area contributed by atoms with Crippen LogP contribution in [0.4, 0.5) is 32.0 Å². The van der Waals surface area contributed by atoms with Crippen LogP contribution in [0.5, 0.6) is 0 Å². The van der Waals surface area contributed by atoms with E-state index in [0.29, 0.717) is 5.69 Å². The van der Waals surface area contributed by atoms with Gasteiger partial charge in [0, 0.05) is 26.2 Å². The third kappa shape index (κ3) is 35.5. The van der Waals surface area contributed by atoms with Crippen LogP contribution >= 0.6 is 0 Å². The second-order valence-electron chi connectivity index (χ2n) is 9.33. The molecule has 0 amide bonds. The molecule has 0 bridgehead atoms. The van der Waals surface area contributed by atoms with E-state index in [9.17, 15) is 31.2 Å². The van der Waals surface area contributed by atoms with Crippen molar-refractivity contribution in [3.05, 3.63) is 35.2 Å². The molecule has 0 spiro atoms. The van der Waals surface area contributed by atoms with Crippen LogP contribution in [-0.4, -0.2) is 135 Å². The van der Waals surface area contributed by atoms with Gasteiger partial charge in [-0.15, -0.1) is 4.91 Å². The summed E-state index contributed by atoms with van der Waals surface area (Å²) in [5.74, 6) is 0. The number of nitrogens with zero attached hydrogens (tertiary/aromatic N) is 5. The first kappa shape index (κ1) is 61.2. The third-order valence-electron chi connectivity index (χ3n) is 6.47. The molecule has 1 aromatic rings. The van der Waals surface area contributed by atoms with E-state index in [1.807, 2.05) is 6.07 Å². The quantitative estimate of drug-likeness (QED) is 0.0719. The summed E-state index contributed by atoms with van der Waals surface area (Å²) in [6.07, 6.45) is 0. The Hall–Kier alpha value is -0.901. The summed E-state index contributed by atoms with van der Waals surface area (Å²) < 4.78 is 118. The largest absolute Gasteiger partial charge is 1.00 e. The van der Waals surface area contributed by atoms with Crippen LogP contribution in [0, 0.1) is 4.91 Å². The zero-order chi connectivity index (χ0) is 38.6. The van der Waals surface area contributed by atoms with E-state index < -0.39 is 31.3 Å². The summed E-state index contributed by atoms with van der Waals surface area (Å²) in [6, 6.07) is 8.71. The Morgan fingerprint density at radius 2 is 0.700 bits per heavy atom. The first-order chi connectivity index (χ1) is 22.0.